The van der Waals surface area contributed by atoms with Crippen molar-refractivity contribution in [2.45, 2.75) is 114 Å². The first-order valence-electron chi connectivity index (χ1n) is 20.8. The van der Waals surface area contributed by atoms with E-state index in [4.69, 9.17) is 14.7 Å². The molecule has 3 fully saturated rings. The number of amides is 4. The van der Waals surface area contributed by atoms with Crippen molar-refractivity contribution < 1.29 is 37.8 Å². The third-order valence-corrected chi connectivity index (χ3v) is 12.7. The molecule has 2 aromatic carbocycles. The first kappa shape index (κ1) is 42.3. The van der Waals surface area contributed by atoms with Gasteiger partial charge in [0.25, 0.3) is 0 Å². The number of carbonyl (C=O) groups excluding carboxylic acids is 3. The number of likely N-dealkylation sites (tertiary alicyclic amines) is 2. The van der Waals surface area contributed by atoms with Crippen molar-refractivity contribution >= 4 is 24.0 Å². The Labute approximate surface area is 348 Å². The number of alkyl carbamates (subject to hydrolysis) is 1. The Morgan fingerprint density at radius 2 is 1.38 bits per heavy atom. The van der Waals surface area contributed by atoms with Gasteiger partial charge in [0, 0.05) is 55.5 Å². The van der Waals surface area contributed by atoms with Crippen molar-refractivity contribution in [2.75, 3.05) is 20.7 Å². The van der Waals surface area contributed by atoms with Crippen LogP contribution in [0.4, 0.5) is 18.4 Å². The second-order valence-electron chi connectivity index (χ2n) is 16.7. The molecule has 4 atom stereocenters. The van der Waals surface area contributed by atoms with Gasteiger partial charge in [0.15, 0.2) is 0 Å². The maximum absolute atomic E-state index is 14.4. The summed E-state index contributed by atoms with van der Waals surface area (Å²) in [6, 6.07) is 13.6. The van der Waals surface area contributed by atoms with E-state index in [0.29, 0.717) is 36.7 Å². The molecule has 2 aliphatic heterocycles. The van der Waals surface area contributed by atoms with Crippen LogP contribution in [0.2, 0.25) is 0 Å². The number of nitrogens with one attached hydrogen (secondary N) is 3. The molecule has 1 saturated carbocycles. The Morgan fingerprint density at radius 3 is 1.88 bits per heavy atom. The van der Waals surface area contributed by atoms with Crippen LogP contribution in [-0.4, -0.2) is 108 Å². The van der Waals surface area contributed by atoms with Gasteiger partial charge in [-0.3, -0.25) is 14.5 Å². The van der Waals surface area contributed by atoms with Gasteiger partial charge in [-0.2, -0.15) is 0 Å². The fourth-order valence-electron chi connectivity index (χ4n) is 9.28. The van der Waals surface area contributed by atoms with Gasteiger partial charge >= 0.3 is 12.2 Å². The average molecular weight is 829 g/mol. The van der Waals surface area contributed by atoms with Gasteiger partial charge in [-0.05, 0) is 62.0 Å². The summed E-state index contributed by atoms with van der Waals surface area (Å²) in [6.45, 7) is 6.09. The second-order valence-corrected chi connectivity index (χ2v) is 16.7. The van der Waals surface area contributed by atoms with Crippen molar-refractivity contribution in [3.63, 3.8) is 0 Å². The third-order valence-electron chi connectivity index (χ3n) is 12.7. The number of imidazole rings is 2. The molecule has 320 valence electrons. The van der Waals surface area contributed by atoms with Gasteiger partial charge in [-0.1, -0.05) is 69.3 Å². The first-order chi connectivity index (χ1) is 28.6. The summed E-state index contributed by atoms with van der Waals surface area (Å²) >= 11 is 0. The van der Waals surface area contributed by atoms with E-state index >= 15 is 0 Å². The lowest BCUT2D eigenvalue weighted by molar-refractivity contribution is -0.149. The van der Waals surface area contributed by atoms with E-state index in [2.05, 4.69) is 15.3 Å². The van der Waals surface area contributed by atoms with Gasteiger partial charge in [-0.15, -0.1) is 0 Å². The van der Waals surface area contributed by atoms with Crippen LogP contribution in [0.5, 0.6) is 0 Å². The lowest BCUT2D eigenvalue weighted by Crippen LogP contribution is -2.57. The molecule has 1 aliphatic carbocycles. The van der Waals surface area contributed by atoms with Crippen LogP contribution in [0.15, 0.2) is 60.9 Å². The number of likely N-dealkylation sites (N-methyl/N-ethyl adjacent to an activating group) is 1. The maximum atomic E-state index is 14.4. The van der Waals surface area contributed by atoms with Gasteiger partial charge in [0.2, 0.25) is 17.7 Å². The summed E-state index contributed by atoms with van der Waals surface area (Å²) in [6.07, 6.45) is 4.30. The number of hydrogen-bond donors (Lipinski definition) is 4. The predicted octanol–water partition coefficient (Wildman–Crippen LogP) is 8.18. The van der Waals surface area contributed by atoms with E-state index in [0.717, 1.165) is 45.7 Å². The van der Waals surface area contributed by atoms with Crippen LogP contribution in [0.3, 0.4) is 0 Å². The van der Waals surface area contributed by atoms with Crippen LogP contribution < -0.4 is 5.32 Å². The number of rotatable bonds is 11. The molecule has 14 nitrogen and oxygen atoms in total. The molecule has 4 N–H and O–H groups in total. The minimum absolute atomic E-state index is 0.127. The Bertz CT molecular complexity index is 2180. The highest BCUT2D eigenvalue weighted by atomic mass is 19.3. The van der Waals surface area contributed by atoms with Gasteiger partial charge in [-0.25, -0.2) is 28.3 Å². The summed E-state index contributed by atoms with van der Waals surface area (Å²) in [5.41, 5.74) is 4.37. The summed E-state index contributed by atoms with van der Waals surface area (Å²) in [5.74, 6) is -2.22. The van der Waals surface area contributed by atoms with Gasteiger partial charge in [0.1, 0.15) is 23.7 Å². The van der Waals surface area contributed by atoms with E-state index in [9.17, 15) is 33.1 Å². The van der Waals surface area contributed by atoms with Crippen molar-refractivity contribution in [3.05, 3.63) is 72.6 Å². The molecular weight excluding hydrogens is 775 g/mol. The number of aromatic nitrogens is 4. The molecule has 60 heavy (non-hydrogen) atoms. The number of nitrogens with zero attached hydrogens (tertiary/aromatic N) is 5. The van der Waals surface area contributed by atoms with Gasteiger partial charge in [0.05, 0.1) is 30.6 Å². The Balaban J connectivity index is 1.04. The predicted molar refractivity (Wildman–Crippen MR) is 220 cm³/mol. The summed E-state index contributed by atoms with van der Waals surface area (Å²) in [5, 5.41) is 12.4. The number of ether oxygens (including phenoxy) is 1. The molecule has 1 spiro atoms. The maximum Gasteiger partial charge on any atom is 0.407 e. The van der Waals surface area contributed by atoms with E-state index in [-0.39, 0.29) is 55.9 Å². The molecule has 7 rings (SSSR count). The van der Waals surface area contributed by atoms with Crippen LogP contribution in [0.1, 0.15) is 102 Å². The number of carboxylic acid groups (broad SMARTS) is 1. The molecular formula is C44H54F2N8O6. The van der Waals surface area contributed by atoms with Crippen LogP contribution >= 0.6 is 0 Å². The van der Waals surface area contributed by atoms with Crippen LogP contribution in [-0.2, 0) is 14.3 Å². The number of methoxy groups -OCH3 is 1. The molecule has 0 radical (unpaired) electrons. The summed E-state index contributed by atoms with van der Waals surface area (Å²) < 4.78 is 33.5. The first-order valence-corrected chi connectivity index (χ1v) is 20.8. The Kier molecular flexibility index (Phi) is 12.0. The largest absolute Gasteiger partial charge is 0.465 e. The molecule has 3 aliphatic rings. The standard InChI is InChI=1S/C44H54F2N8O6/c1-6-33(52(4)42(58)59)39(55)54-35(17-18-43(54)19-21-44(45,46)22-20-43)38-48-25-32(50-38)30-15-11-28(12-16-30)27-9-13-29(14-10-27)31-24-47-37(49-31)34-8-7-23-53(34)40(56)36(26(2)3)51-41(57)60-5/h9-16,24-26,33-36H,6-8,17-23H2,1-5H3,(H,47,49)(H,48,50)(H,51,57)(H,58,59)/t33-,34-,35?,36-/m0/s1. The molecule has 16 heteroatoms. The Hall–Kier alpha value is -5.80. The van der Waals surface area contributed by atoms with Gasteiger partial charge < -0.3 is 34.9 Å². The number of alkyl halides is 2. The molecule has 2 aromatic heterocycles. The van der Waals surface area contributed by atoms with E-state index in [1.807, 2.05) is 68.6 Å². The van der Waals surface area contributed by atoms with Crippen LogP contribution in [0, 0.1) is 5.92 Å². The monoisotopic (exact) mass is 828 g/mol. The lowest BCUT2D eigenvalue weighted by Gasteiger charge is -2.46. The van der Waals surface area contributed by atoms with E-state index < -0.39 is 41.8 Å². The lowest BCUT2D eigenvalue weighted by atomic mass is 9.78. The average Bonchev–Trinajstić information content (AvgIpc) is 4.08. The minimum atomic E-state index is -2.79. The summed E-state index contributed by atoms with van der Waals surface area (Å²) in [7, 11) is 2.64. The molecule has 2 saturated heterocycles. The quantitative estimate of drug-likeness (QED) is 0.117. The normalized spacial score (nSPS) is 20.6. The third kappa shape index (κ3) is 8.33. The zero-order valence-corrected chi connectivity index (χ0v) is 34.7. The van der Waals surface area contributed by atoms with E-state index in [1.54, 1.807) is 22.9 Å². The highest BCUT2D eigenvalue weighted by Crippen LogP contribution is 2.52. The smallest absolute Gasteiger partial charge is 0.407 e. The summed E-state index contributed by atoms with van der Waals surface area (Å²) in [4.78, 5) is 72.5. The van der Waals surface area contributed by atoms with E-state index in [1.165, 1.54) is 14.2 Å². The zero-order valence-electron chi connectivity index (χ0n) is 34.7. The zero-order chi connectivity index (χ0) is 42.9. The number of hydrogen-bond acceptors (Lipinski definition) is 7. The van der Waals surface area contributed by atoms with Crippen LogP contribution in [0.25, 0.3) is 33.6 Å². The number of carbonyl (C=O) groups is 4. The highest BCUT2D eigenvalue weighted by molar-refractivity contribution is 5.87. The number of aromatic amines is 2. The second kappa shape index (κ2) is 17.1. The Morgan fingerprint density at radius 1 is 0.850 bits per heavy atom. The number of halogens is 2. The fraction of sp³-hybridized carbons (Fsp3) is 0.500. The topological polar surface area (TPSA) is 177 Å². The molecule has 0 bridgehead atoms. The fourth-order valence-corrected chi connectivity index (χ4v) is 9.28. The number of benzene rings is 2. The molecule has 4 heterocycles. The van der Waals surface area contributed by atoms with Crippen molar-refractivity contribution in [1.82, 2.24) is 40.0 Å². The molecule has 1 unspecified atom stereocenters. The minimum Gasteiger partial charge on any atom is -0.465 e. The van der Waals surface area contributed by atoms with Crippen molar-refractivity contribution in [3.8, 4) is 33.6 Å². The highest BCUT2D eigenvalue weighted by Gasteiger charge is 2.55. The molecule has 4 amide bonds. The number of H-pyrrole nitrogens is 2. The SMILES string of the molecule is CC[C@@H](C(=O)N1C(c2nc(-c3ccc(-c4ccc(-c5c[nH]c([C@@H]6CCCN6C(=O)[C@@H](NC(=O)OC)C(C)C)n5)cc4)cc3)c[nH]2)CCC12CCC(F)(F)CC2)N(C)C(=O)O. The molecule has 4 aromatic rings. The van der Waals surface area contributed by atoms with Crippen molar-refractivity contribution in [2.24, 2.45) is 5.92 Å². The van der Waals surface area contributed by atoms with Crippen molar-refractivity contribution in [1.29, 1.82) is 0 Å².